The predicted octanol–water partition coefficient (Wildman–Crippen LogP) is 0.367. The van der Waals surface area contributed by atoms with Gasteiger partial charge in [-0.05, 0) is 0 Å². The van der Waals surface area contributed by atoms with Crippen molar-refractivity contribution in [1.82, 2.24) is 0 Å². The quantitative estimate of drug-likeness (QED) is 0.496. The molecule has 0 aromatic rings. The zero-order valence-corrected chi connectivity index (χ0v) is 3.87. The summed E-state index contributed by atoms with van der Waals surface area (Å²) in [5, 5.41) is 0. The van der Waals surface area contributed by atoms with E-state index in [0.29, 0.717) is 0 Å². The topological polar surface area (TPSA) is 49.7 Å². The van der Waals surface area contributed by atoms with E-state index in [1.807, 2.05) is 0 Å². The third-order valence-corrected chi connectivity index (χ3v) is 0.629. The molecule has 0 spiro atoms. The summed E-state index contributed by atoms with van der Waals surface area (Å²) >= 11 is 3.77. The second-order valence-corrected chi connectivity index (χ2v) is 1.49. The van der Waals surface area contributed by atoms with Crippen LogP contribution in [0.1, 0.15) is 0 Å². The van der Waals surface area contributed by atoms with Gasteiger partial charge in [0.15, 0.2) is 0 Å². The van der Waals surface area contributed by atoms with Crippen molar-refractivity contribution in [1.29, 1.82) is 0 Å². The van der Waals surface area contributed by atoms with Gasteiger partial charge in [-0.2, -0.15) is 0 Å². The molecular weight excluding hydrogens is 109 g/mol. The molecule has 0 fully saturated rings. The van der Waals surface area contributed by atoms with Crippen molar-refractivity contribution in [3.63, 3.8) is 0 Å². The van der Waals surface area contributed by atoms with Gasteiger partial charge in [-0.3, -0.25) is 0 Å². The summed E-state index contributed by atoms with van der Waals surface area (Å²) in [7, 11) is -2.41. The molecule has 1 atom stereocenters. The maximum Gasteiger partial charge on any atom is 0.356 e. The summed E-state index contributed by atoms with van der Waals surface area (Å²) < 4.78 is 11.8. The number of rotatable bonds is 1. The molecule has 3 nitrogen and oxygen atoms in total. The summed E-state index contributed by atoms with van der Waals surface area (Å²) in [6.45, 7) is 0. The van der Waals surface area contributed by atoms with Gasteiger partial charge in [0.25, 0.3) is 0 Å². The van der Waals surface area contributed by atoms with Crippen molar-refractivity contribution in [2.24, 2.45) is 4.13 Å². The largest absolute Gasteiger partial charge is 0.356 e. The number of hydrogen-bond acceptors (Lipinski definition) is 2. The van der Waals surface area contributed by atoms with Crippen LogP contribution in [0.2, 0.25) is 0 Å². The summed E-state index contributed by atoms with van der Waals surface area (Å²) in [5.41, 5.74) is 0. The fourth-order valence-corrected chi connectivity index (χ4v) is 0. The van der Waals surface area contributed by atoms with Crippen LogP contribution in [-0.4, -0.2) is 4.89 Å². The van der Waals surface area contributed by atoms with Crippen LogP contribution in [-0.2, 0) is 17.0 Å². The maximum atomic E-state index is 9.25. The normalized spacial score (nSPS) is 10.2. The minimum atomic E-state index is -2.41. The fourth-order valence-electron chi connectivity index (χ4n) is 0. The van der Waals surface area contributed by atoms with E-state index in [0.717, 1.165) is 0 Å². The lowest BCUT2D eigenvalue weighted by Gasteiger charge is -1.61. The van der Waals surface area contributed by atoms with Crippen molar-refractivity contribution in [3.05, 3.63) is 0 Å². The average molecular weight is 110 g/mol. The zero-order valence-electron chi connectivity index (χ0n) is 2.16. The highest BCUT2D eigenvalue weighted by atomic mass is 32.1. The Morgan fingerprint density at radius 2 is 2.20 bits per heavy atom. The van der Waals surface area contributed by atoms with E-state index in [-0.39, 0.29) is 0 Å². The molecule has 5 heteroatoms. The van der Waals surface area contributed by atoms with Crippen LogP contribution in [0, 0.1) is 0 Å². The highest BCUT2D eigenvalue weighted by molar-refractivity contribution is 7.55. The minimum Gasteiger partial charge on any atom is -0.302 e. The first kappa shape index (κ1) is 5.08. The third kappa shape index (κ3) is 4.08. The zero-order chi connectivity index (χ0) is 4.28. The first-order valence-electron chi connectivity index (χ1n) is 0.765. The van der Waals surface area contributed by atoms with Crippen molar-refractivity contribution < 1.29 is 9.46 Å². The molecule has 0 saturated heterocycles. The molecule has 0 aliphatic carbocycles. The van der Waals surface area contributed by atoms with Crippen molar-refractivity contribution >= 4 is 20.6 Å². The Bertz CT molecular complexity index is 60.7. The first-order chi connectivity index (χ1) is 2.27. The van der Waals surface area contributed by atoms with Crippen LogP contribution < -0.4 is 0 Å². The first-order valence-corrected chi connectivity index (χ1v) is 2.30. The highest BCUT2D eigenvalue weighted by Crippen LogP contribution is 2.10. The monoisotopic (exact) mass is 110 g/mol. The van der Waals surface area contributed by atoms with Crippen LogP contribution in [0.4, 0.5) is 0 Å². The molecule has 1 unspecified atom stereocenters. The second-order valence-electron chi connectivity index (χ2n) is 0.334. The molecule has 0 aliphatic heterocycles. The average Bonchev–Trinajstić information content (AvgIpc) is 1.38. The van der Waals surface area contributed by atoms with E-state index in [9.17, 15) is 4.57 Å². The highest BCUT2D eigenvalue weighted by Gasteiger charge is 1.74. The van der Waals surface area contributed by atoms with Gasteiger partial charge in [-0.15, -0.1) is 4.13 Å². The second kappa shape index (κ2) is 2.33. The molecule has 0 rings (SSSR count). The smallest absolute Gasteiger partial charge is 0.302 e. The van der Waals surface area contributed by atoms with Crippen LogP contribution in [0.3, 0.4) is 0 Å². The van der Waals surface area contributed by atoms with E-state index in [1.165, 1.54) is 0 Å². The molecule has 1 radical (unpaired) electrons. The third-order valence-electron chi connectivity index (χ3n) is 0.0698. The van der Waals surface area contributed by atoms with Crippen molar-refractivity contribution in [2.45, 2.75) is 0 Å². The molecular formula is HNO2PS. The molecule has 0 aliphatic rings. The lowest BCUT2D eigenvalue weighted by molar-refractivity contribution is 0.506. The Labute approximate surface area is 35.1 Å². The lowest BCUT2D eigenvalue weighted by atomic mass is 13.9. The van der Waals surface area contributed by atoms with E-state index in [1.54, 1.807) is 0 Å². The van der Waals surface area contributed by atoms with Gasteiger partial charge in [0.05, 0.1) is 12.4 Å². The molecule has 0 aromatic heterocycles. The molecule has 0 bridgehead atoms. The Balaban J connectivity index is 3.20. The standard InChI is InChI=1S/HNO2PS/c2-4(3)1-5/h(H,2,3). The number of nitrogens with zero attached hydrogens (tertiary/aromatic N) is 1. The molecule has 0 heterocycles. The molecule has 0 saturated carbocycles. The van der Waals surface area contributed by atoms with E-state index < -0.39 is 8.18 Å². The SMILES string of the molecule is O=[P](O)N=S. The number of hydrogen-bond donors (Lipinski definition) is 1. The maximum absolute atomic E-state index is 9.25. The lowest BCUT2D eigenvalue weighted by Crippen LogP contribution is -1.35. The molecule has 0 aromatic carbocycles. The minimum absolute atomic E-state index is 2.41. The summed E-state index contributed by atoms with van der Waals surface area (Å²) in [5.74, 6) is 0. The van der Waals surface area contributed by atoms with Gasteiger partial charge in [-0.25, -0.2) is 4.57 Å². The van der Waals surface area contributed by atoms with Crippen LogP contribution in [0.15, 0.2) is 4.13 Å². The van der Waals surface area contributed by atoms with E-state index >= 15 is 0 Å². The van der Waals surface area contributed by atoms with E-state index in [2.05, 4.69) is 16.6 Å². The van der Waals surface area contributed by atoms with Gasteiger partial charge in [-0.1, -0.05) is 0 Å². The Morgan fingerprint density at radius 3 is 2.20 bits per heavy atom. The summed E-state index contributed by atoms with van der Waals surface area (Å²) in [6, 6.07) is 0. The van der Waals surface area contributed by atoms with Crippen molar-refractivity contribution in [3.8, 4) is 0 Å². The fraction of sp³-hybridized carbons (Fsp3) is 0. The summed E-state index contributed by atoms with van der Waals surface area (Å²) in [6.07, 6.45) is 0. The molecule has 1 N–H and O–H groups in total. The van der Waals surface area contributed by atoms with E-state index in [4.69, 9.17) is 4.89 Å². The van der Waals surface area contributed by atoms with Crippen molar-refractivity contribution in [2.75, 3.05) is 0 Å². The molecule has 5 heavy (non-hydrogen) atoms. The predicted molar refractivity (Wildman–Crippen MR) is 19.6 cm³/mol. The Morgan fingerprint density at radius 1 is 2.00 bits per heavy atom. The van der Waals surface area contributed by atoms with Gasteiger partial charge in [0.1, 0.15) is 0 Å². The van der Waals surface area contributed by atoms with Gasteiger partial charge < -0.3 is 4.89 Å². The summed E-state index contributed by atoms with van der Waals surface area (Å²) in [4.78, 5) is 7.60. The Kier molecular flexibility index (Phi) is 2.36. The van der Waals surface area contributed by atoms with Crippen LogP contribution in [0.5, 0.6) is 0 Å². The van der Waals surface area contributed by atoms with Gasteiger partial charge in [0, 0.05) is 0 Å². The van der Waals surface area contributed by atoms with Gasteiger partial charge >= 0.3 is 8.18 Å². The Hall–Kier alpha value is 0.0800. The van der Waals surface area contributed by atoms with Crippen LogP contribution >= 0.6 is 8.18 Å². The van der Waals surface area contributed by atoms with Crippen LogP contribution in [0.25, 0.3) is 0 Å². The van der Waals surface area contributed by atoms with Gasteiger partial charge in [0.2, 0.25) is 0 Å². The molecule has 0 amide bonds. The molecule has 29 valence electrons.